The molecule has 0 atom stereocenters. The minimum atomic E-state index is -5.59. The highest BCUT2D eigenvalue weighted by Crippen LogP contribution is 2.44. The molecule has 1 saturated heterocycles. The lowest BCUT2D eigenvalue weighted by Gasteiger charge is -2.34. The van der Waals surface area contributed by atoms with Gasteiger partial charge in [-0.15, -0.1) is 11.3 Å². The van der Waals surface area contributed by atoms with E-state index in [0.29, 0.717) is 12.0 Å². The quantitative estimate of drug-likeness (QED) is 0.448. The number of halogens is 5. The lowest BCUT2D eigenvalue weighted by molar-refractivity contribution is -0.289. The van der Waals surface area contributed by atoms with E-state index in [1.165, 1.54) is 6.07 Å². The molecular weight excluding hydrogens is 407 g/mol. The van der Waals surface area contributed by atoms with Gasteiger partial charge < -0.3 is 4.90 Å². The second-order valence-electron chi connectivity index (χ2n) is 7.38. The predicted octanol–water partition coefficient (Wildman–Crippen LogP) is 6.41. The molecule has 0 amide bonds. The van der Waals surface area contributed by atoms with Gasteiger partial charge in [-0.1, -0.05) is 24.3 Å². The number of alkyl halides is 5. The summed E-state index contributed by atoms with van der Waals surface area (Å²) in [7, 11) is 0. The number of aromatic nitrogens is 1. The van der Waals surface area contributed by atoms with Gasteiger partial charge in [0.25, 0.3) is 0 Å². The smallest absolute Gasteiger partial charge is 0.370 e. The first kappa shape index (κ1) is 20.1. The van der Waals surface area contributed by atoms with Gasteiger partial charge >= 0.3 is 12.1 Å². The Morgan fingerprint density at radius 1 is 1.00 bits per heavy atom. The van der Waals surface area contributed by atoms with Crippen LogP contribution in [-0.4, -0.2) is 24.2 Å². The van der Waals surface area contributed by atoms with Crippen LogP contribution in [0.25, 0.3) is 10.2 Å². The highest BCUT2D eigenvalue weighted by molar-refractivity contribution is 7.16. The summed E-state index contributed by atoms with van der Waals surface area (Å²) in [4.78, 5) is 6.72. The number of fused-ring (bicyclic) bond motifs is 1. The van der Waals surface area contributed by atoms with Crippen molar-refractivity contribution in [1.29, 1.82) is 0 Å². The summed E-state index contributed by atoms with van der Waals surface area (Å²) in [6.07, 6.45) is -3.40. The van der Waals surface area contributed by atoms with Crippen LogP contribution in [-0.2, 0) is 12.3 Å². The largest absolute Gasteiger partial charge is 0.458 e. The van der Waals surface area contributed by atoms with E-state index in [9.17, 15) is 22.0 Å². The summed E-state index contributed by atoms with van der Waals surface area (Å²) in [5.41, 5.74) is 3.43. The number of benzene rings is 2. The highest BCUT2D eigenvalue weighted by atomic mass is 32.1. The molecule has 4 rings (SSSR count). The predicted molar refractivity (Wildman–Crippen MR) is 105 cm³/mol. The topological polar surface area (TPSA) is 16.1 Å². The van der Waals surface area contributed by atoms with Gasteiger partial charge in [0.2, 0.25) is 0 Å². The maximum Gasteiger partial charge on any atom is 0.458 e. The van der Waals surface area contributed by atoms with Gasteiger partial charge in [0, 0.05) is 18.7 Å². The molecule has 0 bridgehead atoms. The van der Waals surface area contributed by atoms with Gasteiger partial charge in [-0.3, -0.25) is 0 Å². The van der Waals surface area contributed by atoms with Crippen LogP contribution >= 0.6 is 11.3 Å². The molecule has 1 aliphatic heterocycles. The molecule has 0 aliphatic carbocycles. The number of hydrogen-bond acceptors (Lipinski definition) is 3. The van der Waals surface area contributed by atoms with Crippen LogP contribution in [0.5, 0.6) is 0 Å². The fourth-order valence-corrected chi connectivity index (χ4v) is 4.59. The van der Waals surface area contributed by atoms with Gasteiger partial charge in [0.15, 0.2) is 0 Å². The van der Waals surface area contributed by atoms with E-state index < -0.39 is 17.7 Å². The fraction of sp³-hybridized carbons (Fsp3) is 0.381. The van der Waals surface area contributed by atoms with Crippen LogP contribution in [0.2, 0.25) is 0 Å². The second kappa shape index (κ2) is 7.55. The Kier molecular flexibility index (Phi) is 5.23. The minimum absolute atomic E-state index is 0.246. The van der Waals surface area contributed by atoms with E-state index in [4.69, 9.17) is 0 Å². The van der Waals surface area contributed by atoms with Crippen molar-refractivity contribution in [2.24, 2.45) is 5.92 Å². The highest BCUT2D eigenvalue weighted by Gasteiger charge is 2.58. The molecule has 1 aromatic heterocycles. The molecule has 8 heteroatoms. The zero-order valence-electron chi connectivity index (χ0n) is 15.4. The molecule has 0 N–H and O–H groups in total. The third kappa shape index (κ3) is 3.95. The average Bonchev–Trinajstić information content (AvgIpc) is 3.17. The summed E-state index contributed by atoms with van der Waals surface area (Å²) in [6.45, 7) is 1.61. The van der Waals surface area contributed by atoms with Crippen molar-refractivity contribution in [2.45, 2.75) is 31.4 Å². The van der Waals surface area contributed by atoms with Crippen LogP contribution in [0.1, 0.15) is 24.0 Å². The molecule has 1 fully saturated rings. The third-order valence-corrected chi connectivity index (χ3v) is 6.26. The third-order valence-electron chi connectivity index (χ3n) is 5.46. The first-order valence-corrected chi connectivity index (χ1v) is 10.2. The molecular formula is C21H19F5N2S. The Labute approximate surface area is 169 Å². The van der Waals surface area contributed by atoms with Gasteiger partial charge in [0.1, 0.15) is 5.52 Å². The van der Waals surface area contributed by atoms with Crippen molar-refractivity contribution >= 4 is 27.2 Å². The number of hydrogen-bond donors (Lipinski definition) is 0. The van der Waals surface area contributed by atoms with Crippen molar-refractivity contribution in [2.75, 3.05) is 18.0 Å². The van der Waals surface area contributed by atoms with Crippen LogP contribution < -0.4 is 4.90 Å². The lowest BCUT2D eigenvalue weighted by atomic mass is 9.89. The molecule has 0 spiro atoms. The molecule has 154 valence electrons. The summed E-state index contributed by atoms with van der Waals surface area (Å²) in [5, 5.41) is 0. The number of piperidine rings is 1. The lowest BCUT2D eigenvalue weighted by Crippen LogP contribution is -2.35. The van der Waals surface area contributed by atoms with Gasteiger partial charge in [-0.05, 0) is 48.9 Å². The summed E-state index contributed by atoms with van der Waals surface area (Å²) in [6, 6.07) is 10.8. The van der Waals surface area contributed by atoms with Gasteiger partial charge in [-0.2, -0.15) is 22.0 Å². The van der Waals surface area contributed by atoms with Crippen LogP contribution in [0.4, 0.5) is 27.6 Å². The summed E-state index contributed by atoms with van der Waals surface area (Å²) in [5.74, 6) is -4.59. The number of thiazole rings is 1. The Bertz CT molecular complexity index is 990. The number of nitrogens with zero attached hydrogens (tertiary/aromatic N) is 2. The maximum atomic E-state index is 13.6. The van der Waals surface area contributed by atoms with E-state index in [-0.39, 0.29) is 5.92 Å². The first-order valence-electron chi connectivity index (χ1n) is 9.37. The molecule has 2 heterocycles. The first-order chi connectivity index (χ1) is 13.8. The molecule has 2 nitrogen and oxygen atoms in total. The molecule has 29 heavy (non-hydrogen) atoms. The number of anilines is 1. The minimum Gasteiger partial charge on any atom is -0.370 e. The zero-order chi connectivity index (χ0) is 20.6. The van der Waals surface area contributed by atoms with Crippen molar-refractivity contribution in [3.05, 3.63) is 59.1 Å². The second-order valence-corrected chi connectivity index (χ2v) is 8.27. The normalized spacial score (nSPS) is 16.5. The summed E-state index contributed by atoms with van der Waals surface area (Å²) >= 11 is 1.59. The van der Waals surface area contributed by atoms with E-state index in [1.807, 2.05) is 23.7 Å². The van der Waals surface area contributed by atoms with Crippen molar-refractivity contribution in [3.8, 4) is 0 Å². The average molecular weight is 426 g/mol. The number of para-hydroxylation sites is 1. The number of rotatable bonds is 4. The fourth-order valence-electron chi connectivity index (χ4n) is 3.90. The Balaban J connectivity index is 1.43. The molecule has 0 unspecified atom stereocenters. The van der Waals surface area contributed by atoms with E-state index in [0.717, 1.165) is 54.0 Å². The maximum absolute atomic E-state index is 13.6. The van der Waals surface area contributed by atoms with Crippen LogP contribution in [0, 0.1) is 5.92 Å². The summed E-state index contributed by atoms with van der Waals surface area (Å²) < 4.78 is 66.3. The van der Waals surface area contributed by atoms with Crippen molar-refractivity contribution in [1.82, 2.24) is 4.98 Å². The Hall–Kier alpha value is -2.22. The van der Waals surface area contributed by atoms with Crippen LogP contribution in [0.15, 0.2) is 48.0 Å². The van der Waals surface area contributed by atoms with Crippen molar-refractivity contribution in [3.63, 3.8) is 0 Å². The molecule has 2 aromatic carbocycles. The SMILES string of the molecule is FC(F)(F)C(F)(F)c1cccc(CC2CCN(c3cccc4scnc34)CC2)c1. The molecule has 1 aliphatic rings. The van der Waals surface area contributed by atoms with Gasteiger partial charge in [-0.25, -0.2) is 4.98 Å². The molecule has 3 aromatic rings. The van der Waals surface area contributed by atoms with Crippen molar-refractivity contribution < 1.29 is 22.0 Å². The zero-order valence-corrected chi connectivity index (χ0v) is 16.2. The Morgan fingerprint density at radius 3 is 2.45 bits per heavy atom. The monoisotopic (exact) mass is 426 g/mol. The van der Waals surface area contributed by atoms with E-state index in [1.54, 1.807) is 17.4 Å². The molecule has 0 saturated carbocycles. The van der Waals surface area contributed by atoms with E-state index >= 15 is 0 Å². The van der Waals surface area contributed by atoms with Crippen LogP contribution in [0.3, 0.4) is 0 Å². The van der Waals surface area contributed by atoms with Gasteiger partial charge in [0.05, 0.1) is 15.9 Å². The standard InChI is InChI=1S/C21H19F5N2S/c22-20(23,21(24,25)26)16-4-1-3-15(12-16)11-14-7-9-28(10-8-14)17-5-2-6-18-19(17)27-13-29-18/h1-6,12-14H,7-11H2. The molecule has 0 radical (unpaired) electrons. The van der Waals surface area contributed by atoms with E-state index in [2.05, 4.69) is 9.88 Å². The Morgan fingerprint density at radius 2 is 1.72 bits per heavy atom.